The predicted octanol–water partition coefficient (Wildman–Crippen LogP) is 2.88. The van der Waals surface area contributed by atoms with Crippen molar-refractivity contribution < 1.29 is 0 Å². The third kappa shape index (κ3) is 5.19. The lowest BCUT2D eigenvalue weighted by Crippen LogP contribution is -2.20. The molecule has 0 aliphatic heterocycles. The Morgan fingerprint density at radius 3 is 3.07 bits per heavy atom. The molecular weight excluding hydrogens is 204 g/mol. The SMILES string of the molecule is CCSCCCNC(C)c1cccnc1. The van der Waals surface area contributed by atoms with E-state index in [1.54, 1.807) is 0 Å². The van der Waals surface area contributed by atoms with Crippen molar-refractivity contribution in [3.05, 3.63) is 30.1 Å². The van der Waals surface area contributed by atoms with Gasteiger partial charge in [-0.15, -0.1) is 0 Å². The minimum atomic E-state index is 0.408. The average molecular weight is 224 g/mol. The summed E-state index contributed by atoms with van der Waals surface area (Å²) in [6.07, 6.45) is 4.98. The van der Waals surface area contributed by atoms with Crippen LogP contribution < -0.4 is 5.32 Å². The Hall–Kier alpha value is -0.540. The highest BCUT2D eigenvalue weighted by molar-refractivity contribution is 7.99. The lowest BCUT2D eigenvalue weighted by molar-refractivity contribution is 0.571. The van der Waals surface area contributed by atoms with Crippen LogP contribution in [0.2, 0.25) is 0 Å². The molecule has 0 spiro atoms. The summed E-state index contributed by atoms with van der Waals surface area (Å²) < 4.78 is 0. The smallest absolute Gasteiger partial charge is 0.0315 e. The molecule has 0 aliphatic carbocycles. The number of rotatable bonds is 7. The van der Waals surface area contributed by atoms with Crippen LogP contribution in [0.5, 0.6) is 0 Å². The van der Waals surface area contributed by atoms with Crippen LogP contribution >= 0.6 is 11.8 Å². The molecule has 0 aliphatic rings. The van der Waals surface area contributed by atoms with E-state index in [1.165, 1.54) is 23.5 Å². The minimum absolute atomic E-state index is 0.408. The molecule has 0 fully saturated rings. The van der Waals surface area contributed by atoms with Gasteiger partial charge in [0.25, 0.3) is 0 Å². The summed E-state index contributed by atoms with van der Waals surface area (Å²) in [4.78, 5) is 4.12. The second-order valence-electron chi connectivity index (χ2n) is 3.51. The number of pyridine rings is 1. The van der Waals surface area contributed by atoms with E-state index in [9.17, 15) is 0 Å². The number of aromatic nitrogens is 1. The topological polar surface area (TPSA) is 24.9 Å². The molecule has 1 rings (SSSR count). The van der Waals surface area contributed by atoms with Crippen molar-refractivity contribution in [2.45, 2.75) is 26.3 Å². The third-order valence-corrected chi connectivity index (χ3v) is 3.29. The quantitative estimate of drug-likeness (QED) is 0.721. The normalized spacial score (nSPS) is 12.7. The van der Waals surface area contributed by atoms with Gasteiger partial charge in [0.15, 0.2) is 0 Å². The highest BCUT2D eigenvalue weighted by Gasteiger charge is 2.02. The monoisotopic (exact) mass is 224 g/mol. The number of nitrogens with zero attached hydrogens (tertiary/aromatic N) is 1. The number of nitrogens with one attached hydrogen (secondary N) is 1. The van der Waals surface area contributed by atoms with E-state index < -0.39 is 0 Å². The zero-order valence-electron chi connectivity index (χ0n) is 9.57. The van der Waals surface area contributed by atoms with Crippen LogP contribution in [0.4, 0.5) is 0 Å². The van der Waals surface area contributed by atoms with Gasteiger partial charge in [0, 0.05) is 18.4 Å². The molecule has 0 radical (unpaired) electrons. The highest BCUT2D eigenvalue weighted by Crippen LogP contribution is 2.09. The summed E-state index contributed by atoms with van der Waals surface area (Å²) >= 11 is 2.00. The summed E-state index contributed by atoms with van der Waals surface area (Å²) in [5.74, 6) is 2.47. The van der Waals surface area contributed by atoms with Gasteiger partial charge in [0.2, 0.25) is 0 Å². The molecule has 2 nitrogen and oxygen atoms in total. The first-order valence-electron chi connectivity index (χ1n) is 5.55. The van der Waals surface area contributed by atoms with Crippen LogP contribution in [0.25, 0.3) is 0 Å². The van der Waals surface area contributed by atoms with Gasteiger partial charge in [-0.3, -0.25) is 4.98 Å². The maximum absolute atomic E-state index is 4.12. The average Bonchev–Trinajstić information content (AvgIpc) is 2.30. The van der Waals surface area contributed by atoms with Crippen LogP contribution in [-0.2, 0) is 0 Å². The molecule has 1 aromatic heterocycles. The van der Waals surface area contributed by atoms with Crippen LogP contribution in [-0.4, -0.2) is 23.0 Å². The Balaban J connectivity index is 2.16. The van der Waals surface area contributed by atoms with E-state index in [4.69, 9.17) is 0 Å². The maximum atomic E-state index is 4.12. The fourth-order valence-corrected chi connectivity index (χ4v) is 2.02. The summed E-state index contributed by atoms with van der Waals surface area (Å²) in [5, 5.41) is 3.50. The first-order chi connectivity index (χ1) is 7.34. The molecule has 84 valence electrons. The second-order valence-corrected chi connectivity index (χ2v) is 4.91. The predicted molar refractivity (Wildman–Crippen MR) is 68.3 cm³/mol. The lowest BCUT2D eigenvalue weighted by Gasteiger charge is -2.13. The van der Waals surface area contributed by atoms with E-state index in [1.807, 2.05) is 30.2 Å². The molecule has 15 heavy (non-hydrogen) atoms. The van der Waals surface area contributed by atoms with Crippen LogP contribution in [0, 0.1) is 0 Å². The molecule has 1 aromatic rings. The standard InChI is InChI=1S/C12H20N2S/c1-3-15-9-5-8-14-11(2)12-6-4-7-13-10-12/h4,6-7,10-11,14H,3,5,8-9H2,1-2H3. The first kappa shape index (κ1) is 12.5. The summed E-state index contributed by atoms with van der Waals surface area (Å²) in [6, 6.07) is 4.51. The molecule has 1 N–H and O–H groups in total. The zero-order valence-corrected chi connectivity index (χ0v) is 10.4. The molecule has 1 unspecified atom stereocenters. The highest BCUT2D eigenvalue weighted by atomic mass is 32.2. The van der Waals surface area contributed by atoms with Gasteiger partial charge < -0.3 is 5.32 Å². The largest absolute Gasteiger partial charge is 0.310 e. The molecule has 1 atom stereocenters. The van der Waals surface area contributed by atoms with Gasteiger partial charge in [-0.25, -0.2) is 0 Å². The van der Waals surface area contributed by atoms with E-state index in [0.29, 0.717) is 6.04 Å². The van der Waals surface area contributed by atoms with Crippen molar-refractivity contribution in [1.82, 2.24) is 10.3 Å². The first-order valence-corrected chi connectivity index (χ1v) is 6.71. The molecule has 0 bridgehead atoms. The molecular formula is C12H20N2S. The van der Waals surface area contributed by atoms with Crippen LogP contribution in [0.3, 0.4) is 0 Å². The van der Waals surface area contributed by atoms with Crippen molar-refractivity contribution in [3.63, 3.8) is 0 Å². The van der Waals surface area contributed by atoms with Crippen molar-refractivity contribution in [1.29, 1.82) is 0 Å². The number of thioether (sulfide) groups is 1. The van der Waals surface area contributed by atoms with Crippen LogP contribution in [0.15, 0.2) is 24.5 Å². The molecule has 3 heteroatoms. The summed E-state index contributed by atoms with van der Waals surface area (Å²) in [6.45, 7) is 5.48. The zero-order chi connectivity index (χ0) is 10.9. The van der Waals surface area contributed by atoms with Crippen LogP contribution in [0.1, 0.15) is 31.9 Å². The minimum Gasteiger partial charge on any atom is -0.310 e. The van der Waals surface area contributed by atoms with Gasteiger partial charge in [0.05, 0.1) is 0 Å². The Morgan fingerprint density at radius 1 is 1.53 bits per heavy atom. The third-order valence-electron chi connectivity index (χ3n) is 2.30. The Morgan fingerprint density at radius 2 is 2.40 bits per heavy atom. The molecule has 0 saturated carbocycles. The van der Waals surface area contributed by atoms with Gasteiger partial charge >= 0.3 is 0 Å². The maximum Gasteiger partial charge on any atom is 0.0315 e. The Bertz CT molecular complexity index is 251. The Labute approximate surface area is 96.9 Å². The van der Waals surface area contributed by atoms with Crippen molar-refractivity contribution >= 4 is 11.8 Å². The summed E-state index contributed by atoms with van der Waals surface area (Å²) in [7, 11) is 0. The second kappa shape index (κ2) is 7.71. The molecule has 0 saturated heterocycles. The van der Waals surface area contributed by atoms with Crippen molar-refractivity contribution in [2.75, 3.05) is 18.1 Å². The van der Waals surface area contributed by atoms with E-state index >= 15 is 0 Å². The van der Waals surface area contributed by atoms with E-state index in [2.05, 4.69) is 30.2 Å². The van der Waals surface area contributed by atoms with Gasteiger partial charge in [-0.05, 0) is 43.0 Å². The lowest BCUT2D eigenvalue weighted by atomic mass is 10.1. The Kier molecular flexibility index (Phi) is 6.44. The van der Waals surface area contributed by atoms with Crippen molar-refractivity contribution in [2.24, 2.45) is 0 Å². The molecule has 1 heterocycles. The van der Waals surface area contributed by atoms with Gasteiger partial charge in [-0.2, -0.15) is 11.8 Å². The van der Waals surface area contributed by atoms with E-state index in [-0.39, 0.29) is 0 Å². The molecule has 0 aromatic carbocycles. The number of hydrogen-bond acceptors (Lipinski definition) is 3. The fourth-order valence-electron chi connectivity index (χ4n) is 1.39. The summed E-state index contributed by atoms with van der Waals surface area (Å²) in [5.41, 5.74) is 1.26. The van der Waals surface area contributed by atoms with Gasteiger partial charge in [-0.1, -0.05) is 13.0 Å². The number of hydrogen-bond donors (Lipinski definition) is 1. The van der Waals surface area contributed by atoms with Crippen molar-refractivity contribution in [3.8, 4) is 0 Å². The van der Waals surface area contributed by atoms with E-state index in [0.717, 1.165) is 6.54 Å². The fraction of sp³-hybridized carbons (Fsp3) is 0.583. The van der Waals surface area contributed by atoms with Gasteiger partial charge in [0.1, 0.15) is 0 Å². The molecule has 0 amide bonds.